The zero-order valence-corrected chi connectivity index (χ0v) is 10.3. The van der Waals surface area contributed by atoms with Crippen molar-refractivity contribution in [2.24, 2.45) is 11.7 Å². The van der Waals surface area contributed by atoms with Crippen LogP contribution in [0.15, 0.2) is 18.3 Å². The summed E-state index contributed by atoms with van der Waals surface area (Å²) in [7, 11) is 0. The van der Waals surface area contributed by atoms with E-state index in [1.54, 1.807) is 6.20 Å². The summed E-state index contributed by atoms with van der Waals surface area (Å²) >= 11 is 0. The lowest BCUT2D eigenvalue weighted by Gasteiger charge is -2.34. The number of likely N-dealkylation sites (tertiary alicyclic amines) is 1. The van der Waals surface area contributed by atoms with Crippen molar-refractivity contribution in [3.8, 4) is 0 Å². The molecule has 0 amide bonds. The Balaban J connectivity index is 2.01. The Bertz CT molecular complexity index is 369. The number of hydrogen-bond acceptors (Lipinski definition) is 4. The summed E-state index contributed by atoms with van der Waals surface area (Å²) in [5.41, 5.74) is 7.81. The lowest BCUT2D eigenvalue weighted by Crippen LogP contribution is -2.42. The largest absolute Gasteiger partial charge is 0.392 e. The van der Waals surface area contributed by atoms with E-state index in [-0.39, 0.29) is 6.10 Å². The van der Waals surface area contributed by atoms with Crippen LogP contribution in [0.2, 0.25) is 0 Å². The van der Waals surface area contributed by atoms with Crippen LogP contribution >= 0.6 is 0 Å². The van der Waals surface area contributed by atoms with Crippen molar-refractivity contribution >= 4 is 0 Å². The van der Waals surface area contributed by atoms with Crippen LogP contribution in [0, 0.1) is 5.92 Å². The minimum atomic E-state index is -0.207. The Labute approximate surface area is 102 Å². The molecule has 4 heteroatoms. The molecule has 0 spiro atoms. The van der Waals surface area contributed by atoms with Crippen LogP contribution in [0.5, 0.6) is 0 Å². The van der Waals surface area contributed by atoms with Gasteiger partial charge in [-0.3, -0.25) is 9.88 Å². The number of hydrogen-bond donors (Lipinski definition) is 2. The molecule has 1 aliphatic heterocycles. The van der Waals surface area contributed by atoms with E-state index < -0.39 is 0 Å². The molecule has 94 valence electrons. The van der Waals surface area contributed by atoms with Crippen molar-refractivity contribution in [2.45, 2.75) is 32.5 Å². The summed E-state index contributed by atoms with van der Waals surface area (Å²) in [5, 5.41) is 9.87. The summed E-state index contributed by atoms with van der Waals surface area (Å²) in [6.07, 6.45) is 2.62. The van der Waals surface area contributed by atoms with Gasteiger partial charge in [0.05, 0.1) is 11.8 Å². The predicted octanol–water partition coefficient (Wildman–Crippen LogP) is 0.743. The molecule has 0 aliphatic carbocycles. The van der Waals surface area contributed by atoms with Gasteiger partial charge in [-0.1, -0.05) is 13.0 Å². The van der Waals surface area contributed by atoms with Crippen molar-refractivity contribution in [1.82, 2.24) is 9.88 Å². The molecule has 0 bridgehead atoms. The molecular formula is C13H21N3O. The highest BCUT2D eigenvalue weighted by Crippen LogP contribution is 2.19. The first-order chi connectivity index (χ1) is 8.20. The van der Waals surface area contributed by atoms with Gasteiger partial charge in [0, 0.05) is 25.8 Å². The second-order valence-corrected chi connectivity index (χ2v) is 4.88. The van der Waals surface area contributed by atoms with Gasteiger partial charge in [0.15, 0.2) is 0 Å². The lowest BCUT2D eigenvalue weighted by molar-refractivity contribution is 0.0258. The van der Waals surface area contributed by atoms with Gasteiger partial charge >= 0.3 is 0 Å². The van der Waals surface area contributed by atoms with Crippen LogP contribution in [-0.4, -0.2) is 34.2 Å². The normalized spacial score (nSPS) is 26.1. The molecule has 0 radical (unpaired) electrons. The van der Waals surface area contributed by atoms with Crippen LogP contribution in [0.25, 0.3) is 0 Å². The number of nitrogens with two attached hydrogens (primary N) is 1. The van der Waals surface area contributed by atoms with Gasteiger partial charge in [0.2, 0.25) is 0 Å². The Morgan fingerprint density at radius 3 is 3.12 bits per heavy atom. The molecule has 1 fully saturated rings. The Morgan fingerprint density at radius 2 is 2.41 bits per heavy atom. The third kappa shape index (κ3) is 3.03. The minimum absolute atomic E-state index is 0.207. The molecule has 2 unspecified atom stereocenters. The summed E-state index contributed by atoms with van der Waals surface area (Å²) in [4.78, 5) is 6.56. The average Bonchev–Trinajstić information content (AvgIpc) is 2.34. The maximum Gasteiger partial charge on any atom is 0.0693 e. The van der Waals surface area contributed by atoms with Crippen LogP contribution in [0.4, 0.5) is 0 Å². The minimum Gasteiger partial charge on any atom is -0.392 e. The van der Waals surface area contributed by atoms with Crippen LogP contribution in [-0.2, 0) is 13.1 Å². The fourth-order valence-electron chi connectivity index (χ4n) is 2.30. The highest BCUT2D eigenvalue weighted by molar-refractivity contribution is 5.19. The average molecular weight is 235 g/mol. The molecule has 2 atom stereocenters. The first kappa shape index (κ1) is 12.5. The van der Waals surface area contributed by atoms with Gasteiger partial charge in [-0.2, -0.15) is 0 Å². The maximum absolute atomic E-state index is 9.87. The molecule has 17 heavy (non-hydrogen) atoms. The second kappa shape index (κ2) is 5.58. The van der Waals surface area contributed by atoms with Crippen LogP contribution < -0.4 is 5.73 Å². The molecule has 2 rings (SSSR count). The number of aromatic nitrogens is 1. The molecule has 2 heterocycles. The summed E-state index contributed by atoms with van der Waals surface area (Å²) in [5.74, 6) is 0.411. The van der Waals surface area contributed by atoms with Crippen molar-refractivity contribution in [3.05, 3.63) is 29.6 Å². The van der Waals surface area contributed by atoms with Gasteiger partial charge in [-0.15, -0.1) is 0 Å². The van der Waals surface area contributed by atoms with E-state index in [0.717, 1.165) is 31.7 Å². The monoisotopic (exact) mass is 235 g/mol. The number of aliphatic hydroxyl groups is 1. The third-order valence-corrected chi connectivity index (χ3v) is 3.57. The van der Waals surface area contributed by atoms with Crippen molar-refractivity contribution < 1.29 is 5.11 Å². The predicted molar refractivity (Wildman–Crippen MR) is 67.2 cm³/mol. The molecule has 1 aromatic heterocycles. The second-order valence-electron chi connectivity index (χ2n) is 4.88. The molecule has 0 saturated carbocycles. The van der Waals surface area contributed by atoms with Crippen molar-refractivity contribution in [1.29, 1.82) is 0 Å². The molecular weight excluding hydrogens is 214 g/mol. The van der Waals surface area contributed by atoms with Crippen molar-refractivity contribution in [3.63, 3.8) is 0 Å². The van der Waals surface area contributed by atoms with Crippen molar-refractivity contribution in [2.75, 3.05) is 13.1 Å². The van der Waals surface area contributed by atoms with Crippen LogP contribution in [0.1, 0.15) is 24.6 Å². The number of rotatable bonds is 3. The SMILES string of the molecule is CC1CCN(Cc2cccnc2CN)CC1O. The zero-order chi connectivity index (χ0) is 12.3. The smallest absolute Gasteiger partial charge is 0.0693 e. The van der Waals surface area contributed by atoms with E-state index >= 15 is 0 Å². The third-order valence-electron chi connectivity index (χ3n) is 3.57. The number of aliphatic hydroxyl groups excluding tert-OH is 1. The highest BCUT2D eigenvalue weighted by Gasteiger charge is 2.24. The Morgan fingerprint density at radius 1 is 1.59 bits per heavy atom. The zero-order valence-electron chi connectivity index (χ0n) is 10.3. The van der Waals surface area contributed by atoms with Crippen LogP contribution in [0.3, 0.4) is 0 Å². The van der Waals surface area contributed by atoms with E-state index in [4.69, 9.17) is 5.73 Å². The first-order valence-electron chi connectivity index (χ1n) is 6.24. The lowest BCUT2D eigenvalue weighted by atomic mass is 9.95. The molecule has 1 saturated heterocycles. The fourth-order valence-corrected chi connectivity index (χ4v) is 2.30. The number of pyridine rings is 1. The molecule has 4 nitrogen and oxygen atoms in total. The standard InChI is InChI=1S/C13H21N3O/c1-10-4-6-16(9-13(10)17)8-11-3-2-5-15-12(11)7-14/h2-3,5,10,13,17H,4,6-9,14H2,1H3. The Hall–Kier alpha value is -0.970. The number of piperidine rings is 1. The number of β-amino-alcohol motifs (C(OH)–C–C–N with tert-alkyl or cyclic N) is 1. The van der Waals surface area contributed by atoms with Gasteiger partial charge in [0.25, 0.3) is 0 Å². The van der Waals surface area contributed by atoms with Gasteiger partial charge in [0.1, 0.15) is 0 Å². The molecule has 3 N–H and O–H groups in total. The molecule has 0 aromatic carbocycles. The molecule has 1 aliphatic rings. The quantitative estimate of drug-likeness (QED) is 0.811. The van der Waals surface area contributed by atoms with E-state index in [0.29, 0.717) is 12.5 Å². The fraction of sp³-hybridized carbons (Fsp3) is 0.615. The van der Waals surface area contributed by atoms with Gasteiger partial charge in [-0.05, 0) is 30.5 Å². The molecule has 1 aromatic rings. The number of nitrogens with zero attached hydrogens (tertiary/aromatic N) is 2. The highest BCUT2D eigenvalue weighted by atomic mass is 16.3. The van der Waals surface area contributed by atoms with E-state index in [1.165, 1.54) is 5.56 Å². The Kier molecular flexibility index (Phi) is 4.10. The van der Waals surface area contributed by atoms with Gasteiger partial charge in [-0.25, -0.2) is 0 Å². The van der Waals surface area contributed by atoms with E-state index in [2.05, 4.69) is 22.9 Å². The summed E-state index contributed by atoms with van der Waals surface area (Å²) in [6.45, 7) is 5.21. The first-order valence-corrected chi connectivity index (χ1v) is 6.24. The summed E-state index contributed by atoms with van der Waals surface area (Å²) < 4.78 is 0. The summed E-state index contributed by atoms with van der Waals surface area (Å²) in [6, 6.07) is 4.01. The van der Waals surface area contributed by atoms with Gasteiger partial charge < -0.3 is 10.8 Å². The van der Waals surface area contributed by atoms with E-state index in [1.807, 2.05) is 6.07 Å². The van der Waals surface area contributed by atoms with E-state index in [9.17, 15) is 5.11 Å². The topological polar surface area (TPSA) is 62.4 Å². The maximum atomic E-state index is 9.87.